The van der Waals surface area contributed by atoms with Crippen molar-refractivity contribution in [2.24, 2.45) is 0 Å². The molecule has 1 saturated heterocycles. The summed E-state index contributed by atoms with van der Waals surface area (Å²) < 4.78 is 19.2. The zero-order valence-electron chi connectivity index (χ0n) is 14.4. The van der Waals surface area contributed by atoms with Crippen LogP contribution in [0.3, 0.4) is 0 Å². The zero-order valence-corrected chi connectivity index (χ0v) is 14.4. The van der Waals surface area contributed by atoms with E-state index in [-0.39, 0.29) is 36.8 Å². The molecule has 1 N–H and O–H groups in total. The van der Waals surface area contributed by atoms with E-state index in [1.807, 2.05) is 0 Å². The Morgan fingerprint density at radius 1 is 1.15 bits per heavy atom. The molecule has 1 atom stereocenters. The van der Waals surface area contributed by atoms with E-state index in [9.17, 15) is 18.8 Å². The molecule has 140 valence electrons. The number of hydrogen-bond donors (Lipinski definition) is 1. The van der Waals surface area contributed by atoms with Crippen LogP contribution < -0.4 is 4.74 Å². The van der Waals surface area contributed by atoms with Crippen LogP contribution in [0.5, 0.6) is 5.75 Å². The topological polar surface area (TPSA) is 95.6 Å². The number of piperazine rings is 1. The van der Waals surface area contributed by atoms with Gasteiger partial charge in [0.15, 0.2) is 11.9 Å². The number of benzene rings is 1. The number of nitrogens with one attached hydrogen (secondary N) is 1. The van der Waals surface area contributed by atoms with Gasteiger partial charge in [0, 0.05) is 26.2 Å². The highest BCUT2D eigenvalue weighted by atomic mass is 19.1. The minimum absolute atomic E-state index is 0.00474. The molecule has 3 heterocycles. The summed E-state index contributed by atoms with van der Waals surface area (Å²) in [6, 6.07) is 6.85. The molecule has 2 aliphatic rings. The number of para-hydroxylation sites is 1. The van der Waals surface area contributed by atoms with Crippen molar-refractivity contribution in [3.05, 3.63) is 47.5 Å². The number of nitrogens with zero attached hydrogens (tertiary/aromatic N) is 3. The third kappa shape index (κ3) is 3.16. The number of ether oxygens (including phenoxy) is 1. The van der Waals surface area contributed by atoms with E-state index >= 15 is 0 Å². The number of amides is 2. The van der Waals surface area contributed by atoms with Gasteiger partial charge in [-0.2, -0.15) is 9.49 Å². The van der Waals surface area contributed by atoms with Crippen LogP contribution in [0.25, 0.3) is 0 Å². The predicted octanol–water partition coefficient (Wildman–Crippen LogP) is 0.867. The number of carbonyl (C=O) groups is 3. The molecule has 2 aliphatic heterocycles. The number of rotatable bonds is 2. The molecule has 0 bridgehead atoms. The van der Waals surface area contributed by atoms with Crippen molar-refractivity contribution in [2.45, 2.75) is 12.5 Å². The maximum absolute atomic E-state index is 13.5. The van der Waals surface area contributed by atoms with Gasteiger partial charge in [-0.25, -0.2) is 0 Å². The lowest BCUT2D eigenvalue weighted by atomic mass is 10.00. The number of aromatic nitrogens is 2. The van der Waals surface area contributed by atoms with Crippen LogP contribution in [0, 0.1) is 5.95 Å². The minimum Gasteiger partial charge on any atom is -0.479 e. The fraction of sp³-hybridized carbons (Fsp3) is 0.333. The van der Waals surface area contributed by atoms with Crippen LogP contribution in [0.4, 0.5) is 4.39 Å². The number of ketones is 1. The number of carbonyl (C=O) groups excluding carboxylic acids is 3. The van der Waals surface area contributed by atoms with Crippen molar-refractivity contribution in [1.29, 1.82) is 0 Å². The first kappa shape index (κ1) is 17.2. The Balaban J connectivity index is 1.39. The van der Waals surface area contributed by atoms with Gasteiger partial charge in [0.25, 0.3) is 11.8 Å². The van der Waals surface area contributed by atoms with Gasteiger partial charge in [0.2, 0.25) is 5.95 Å². The number of Topliss-reactive ketones (excluding diaryl/α,β-unsaturated/α-hetero) is 1. The Bertz CT molecular complexity index is 904. The summed E-state index contributed by atoms with van der Waals surface area (Å²) in [7, 11) is 0. The van der Waals surface area contributed by atoms with Gasteiger partial charge in [0.1, 0.15) is 11.3 Å². The molecule has 0 aliphatic carbocycles. The van der Waals surface area contributed by atoms with Gasteiger partial charge in [0.05, 0.1) is 18.2 Å². The molecule has 8 nitrogen and oxygen atoms in total. The third-order valence-corrected chi connectivity index (χ3v) is 4.80. The van der Waals surface area contributed by atoms with Crippen LogP contribution in [0.2, 0.25) is 0 Å². The molecule has 0 radical (unpaired) electrons. The van der Waals surface area contributed by atoms with Gasteiger partial charge in [-0.1, -0.05) is 12.1 Å². The fourth-order valence-electron chi connectivity index (χ4n) is 3.33. The number of hydrogen-bond acceptors (Lipinski definition) is 5. The molecule has 27 heavy (non-hydrogen) atoms. The van der Waals surface area contributed by atoms with Gasteiger partial charge in [-0.05, 0) is 12.1 Å². The van der Waals surface area contributed by atoms with Gasteiger partial charge >= 0.3 is 0 Å². The Kier molecular flexibility index (Phi) is 4.35. The summed E-state index contributed by atoms with van der Waals surface area (Å²) in [6.45, 7) is 1.12. The van der Waals surface area contributed by atoms with E-state index < -0.39 is 18.0 Å². The van der Waals surface area contributed by atoms with Crippen LogP contribution in [0.15, 0.2) is 30.5 Å². The molecule has 2 amide bonds. The highest BCUT2D eigenvalue weighted by molar-refractivity contribution is 6.03. The van der Waals surface area contributed by atoms with E-state index in [0.29, 0.717) is 24.4 Å². The Morgan fingerprint density at radius 3 is 2.56 bits per heavy atom. The monoisotopic (exact) mass is 372 g/mol. The fourth-order valence-corrected chi connectivity index (χ4v) is 3.33. The van der Waals surface area contributed by atoms with Crippen LogP contribution in [0.1, 0.15) is 27.1 Å². The van der Waals surface area contributed by atoms with Crippen molar-refractivity contribution in [3.63, 3.8) is 0 Å². The smallest absolute Gasteiger partial charge is 0.264 e. The van der Waals surface area contributed by atoms with E-state index in [0.717, 1.165) is 6.20 Å². The average molecular weight is 372 g/mol. The molecule has 2 aromatic rings. The first-order valence-corrected chi connectivity index (χ1v) is 8.60. The van der Waals surface area contributed by atoms with Crippen molar-refractivity contribution >= 4 is 17.6 Å². The summed E-state index contributed by atoms with van der Waals surface area (Å²) >= 11 is 0. The standard InChI is InChI=1S/C18H17FN4O4/c19-16-12(10-20-21-16)17(25)22-5-7-23(8-6-22)18(26)15-9-13(24)11-3-1-2-4-14(11)27-15/h1-4,10,15H,5-9H2,(H,20,21). The van der Waals surface area contributed by atoms with Crippen LogP contribution >= 0.6 is 0 Å². The molecule has 4 rings (SSSR count). The number of H-pyrrole nitrogens is 1. The van der Waals surface area contributed by atoms with Gasteiger partial charge < -0.3 is 14.5 Å². The van der Waals surface area contributed by atoms with Crippen molar-refractivity contribution < 1.29 is 23.5 Å². The lowest BCUT2D eigenvalue weighted by Crippen LogP contribution is -2.54. The summed E-state index contributed by atoms with van der Waals surface area (Å²) in [6.07, 6.45) is 0.282. The maximum atomic E-state index is 13.5. The summed E-state index contributed by atoms with van der Waals surface area (Å²) in [5.41, 5.74) is 0.367. The first-order valence-electron chi connectivity index (χ1n) is 8.60. The predicted molar refractivity (Wildman–Crippen MR) is 90.8 cm³/mol. The van der Waals surface area contributed by atoms with Gasteiger partial charge in [-0.3, -0.25) is 19.5 Å². The molecular weight excluding hydrogens is 355 g/mol. The van der Waals surface area contributed by atoms with Crippen LogP contribution in [-0.4, -0.2) is 69.9 Å². The lowest BCUT2D eigenvalue weighted by Gasteiger charge is -2.36. The van der Waals surface area contributed by atoms with Gasteiger partial charge in [-0.15, -0.1) is 0 Å². The van der Waals surface area contributed by atoms with E-state index in [4.69, 9.17) is 4.74 Å². The summed E-state index contributed by atoms with van der Waals surface area (Å²) in [4.78, 5) is 40.3. The molecule has 0 saturated carbocycles. The summed E-state index contributed by atoms with van der Waals surface area (Å²) in [5, 5.41) is 5.60. The first-order chi connectivity index (χ1) is 13.0. The Hall–Kier alpha value is -3.23. The molecule has 1 unspecified atom stereocenters. The molecular formula is C18H17FN4O4. The average Bonchev–Trinajstić information content (AvgIpc) is 3.13. The molecule has 1 aromatic heterocycles. The number of aromatic amines is 1. The highest BCUT2D eigenvalue weighted by Crippen LogP contribution is 2.28. The number of fused-ring (bicyclic) bond motifs is 1. The van der Waals surface area contributed by atoms with E-state index in [1.165, 1.54) is 4.90 Å². The molecule has 1 fully saturated rings. The quantitative estimate of drug-likeness (QED) is 0.844. The normalized spacial score (nSPS) is 19.4. The largest absolute Gasteiger partial charge is 0.479 e. The molecule has 0 spiro atoms. The second-order valence-electron chi connectivity index (χ2n) is 6.45. The second kappa shape index (κ2) is 6.82. The van der Waals surface area contributed by atoms with E-state index in [2.05, 4.69) is 10.2 Å². The summed E-state index contributed by atoms with van der Waals surface area (Å²) in [5.74, 6) is -1.23. The Morgan fingerprint density at radius 2 is 1.85 bits per heavy atom. The molecule has 9 heteroatoms. The lowest BCUT2D eigenvalue weighted by molar-refractivity contribution is -0.140. The zero-order chi connectivity index (χ0) is 19.0. The SMILES string of the molecule is O=C1CC(C(=O)N2CCN(C(=O)c3cn[nH]c3F)CC2)Oc2ccccc21. The molecule has 1 aromatic carbocycles. The second-order valence-corrected chi connectivity index (χ2v) is 6.45. The van der Waals surface area contributed by atoms with Crippen molar-refractivity contribution in [3.8, 4) is 5.75 Å². The third-order valence-electron chi connectivity index (χ3n) is 4.80. The minimum atomic E-state index is -0.860. The maximum Gasteiger partial charge on any atom is 0.264 e. The number of halogens is 1. The Labute approximate surface area is 153 Å². The van der Waals surface area contributed by atoms with Crippen molar-refractivity contribution in [2.75, 3.05) is 26.2 Å². The van der Waals surface area contributed by atoms with E-state index in [1.54, 1.807) is 29.2 Å². The highest BCUT2D eigenvalue weighted by Gasteiger charge is 2.36. The van der Waals surface area contributed by atoms with Crippen molar-refractivity contribution in [1.82, 2.24) is 20.0 Å². The van der Waals surface area contributed by atoms with Crippen LogP contribution in [-0.2, 0) is 4.79 Å².